The summed E-state index contributed by atoms with van der Waals surface area (Å²) in [6, 6.07) is 15.6. The van der Waals surface area contributed by atoms with Crippen molar-refractivity contribution in [3.8, 4) is 0 Å². The molecule has 3 rings (SSSR count). The predicted molar refractivity (Wildman–Crippen MR) is 112 cm³/mol. The average molecular weight is 393 g/mol. The molecule has 1 aliphatic heterocycles. The van der Waals surface area contributed by atoms with Gasteiger partial charge in [-0.15, -0.1) is 0 Å². The molecule has 1 heterocycles. The third-order valence-electron chi connectivity index (χ3n) is 5.17. The van der Waals surface area contributed by atoms with Crippen molar-refractivity contribution < 1.29 is 14.4 Å². The van der Waals surface area contributed by atoms with Crippen molar-refractivity contribution in [1.29, 1.82) is 0 Å². The van der Waals surface area contributed by atoms with E-state index in [-0.39, 0.29) is 30.7 Å². The molecule has 6 nitrogen and oxygen atoms in total. The molecule has 1 fully saturated rings. The van der Waals surface area contributed by atoms with E-state index < -0.39 is 5.92 Å². The third-order valence-corrected chi connectivity index (χ3v) is 5.17. The lowest BCUT2D eigenvalue weighted by Gasteiger charge is -2.17. The normalized spacial score (nSPS) is 16.0. The number of hydrogen-bond acceptors (Lipinski definition) is 3. The van der Waals surface area contributed by atoms with Crippen LogP contribution in [0.2, 0.25) is 0 Å². The second-order valence-corrected chi connectivity index (χ2v) is 7.44. The quantitative estimate of drug-likeness (QED) is 0.759. The minimum absolute atomic E-state index is 0.0351. The van der Waals surface area contributed by atoms with E-state index in [1.54, 1.807) is 4.90 Å². The number of aryl methyl sites for hydroxylation is 2. The summed E-state index contributed by atoms with van der Waals surface area (Å²) < 4.78 is 0. The van der Waals surface area contributed by atoms with Crippen LogP contribution in [0.25, 0.3) is 0 Å². The Kier molecular flexibility index (Phi) is 6.65. The lowest BCUT2D eigenvalue weighted by molar-refractivity contribution is -0.129. The van der Waals surface area contributed by atoms with Crippen molar-refractivity contribution in [2.45, 2.75) is 33.2 Å². The van der Waals surface area contributed by atoms with Crippen LogP contribution in [0.3, 0.4) is 0 Å². The highest BCUT2D eigenvalue weighted by Crippen LogP contribution is 2.21. The molecular formula is C23H27N3O3. The van der Waals surface area contributed by atoms with E-state index in [9.17, 15) is 14.4 Å². The Morgan fingerprint density at radius 1 is 1.10 bits per heavy atom. The molecule has 1 unspecified atom stereocenters. The zero-order chi connectivity index (χ0) is 20.8. The number of carbonyl (C=O) groups excluding carboxylic acids is 3. The largest absolute Gasteiger partial charge is 0.347 e. The zero-order valence-electron chi connectivity index (χ0n) is 16.9. The van der Waals surface area contributed by atoms with Crippen LogP contribution in [0.15, 0.2) is 48.5 Å². The van der Waals surface area contributed by atoms with Crippen molar-refractivity contribution in [3.63, 3.8) is 0 Å². The van der Waals surface area contributed by atoms with Gasteiger partial charge in [0.15, 0.2) is 0 Å². The molecule has 1 saturated heterocycles. The lowest BCUT2D eigenvalue weighted by Crippen LogP contribution is -2.38. The van der Waals surface area contributed by atoms with Crippen LogP contribution in [0.5, 0.6) is 0 Å². The average Bonchev–Trinajstić information content (AvgIpc) is 3.08. The standard InChI is InChI=1S/C23H27N3O3/c1-3-18-6-4-5-7-20(18)25-21(27)13-24-23(29)19-12-22(28)26(15-19)14-17-10-8-16(2)9-11-17/h4-11,19H,3,12-15H2,1-2H3,(H,24,29)(H,25,27). The van der Waals surface area contributed by atoms with Crippen molar-refractivity contribution in [1.82, 2.24) is 10.2 Å². The first kappa shape index (κ1) is 20.6. The number of nitrogens with one attached hydrogen (secondary N) is 2. The molecule has 0 aromatic heterocycles. The molecule has 0 bridgehead atoms. The Morgan fingerprint density at radius 3 is 2.55 bits per heavy atom. The highest BCUT2D eigenvalue weighted by Gasteiger charge is 2.34. The van der Waals surface area contributed by atoms with Gasteiger partial charge in [-0.25, -0.2) is 0 Å². The molecule has 0 saturated carbocycles. The zero-order valence-corrected chi connectivity index (χ0v) is 16.9. The fourth-order valence-corrected chi connectivity index (χ4v) is 3.47. The molecule has 1 aliphatic rings. The van der Waals surface area contributed by atoms with Gasteiger partial charge in [0, 0.05) is 25.2 Å². The van der Waals surface area contributed by atoms with Crippen LogP contribution in [-0.4, -0.2) is 35.7 Å². The van der Waals surface area contributed by atoms with Crippen LogP contribution in [0, 0.1) is 12.8 Å². The van der Waals surface area contributed by atoms with Crippen LogP contribution >= 0.6 is 0 Å². The van der Waals surface area contributed by atoms with Gasteiger partial charge in [0.05, 0.1) is 12.5 Å². The van der Waals surface area contributed by atoms with Gasteiger partial charge in [0.25, 0.3) is 0 Å². The summed E-state index contributed by atoms with van der Waals surface area (Å²) in [5.41, 5.74) is 4.01. The van der Waals surface area contributed by atoms with E-state index >= 15 is 0 Å². The Balaban J connectivity index is 1.48. The monoisotopic (exact) mass is 393 g/mol. The number of anilines is 1. The predicted octanol–water partition coefficient (Wildman–Crippen LogP) is 2.66. The maximum absolute atomic E-state index is 12.4. The fourth-order valence-electron chi connectivity index (χ4n) is 3.47. The van der Waals surface area contributed by atoms with E-state index in [2.05, 4.69) is 10.6 Å². The molecule has 0 spiro atoms. The van der Waals surface area contributed by atoms with Gasteiger partial charge in [0.2, 0.25) is 17.7 Å². The Morgan fingerprint density at radius 2 is 1.83 bits per heavy atom. The minimum atomic E-state index is -0.427. The van der Waals surface area contributed by atoms with Gasteiger partial charge < -0.3 is 15.5 Å². The van der Waals surface area contributed by atoms with Crippen LogP contribution < -0.4 is 10.6 Å². The Hall–Kier alpha value is -3.15. The van der Waals surface area contributed by atoms with E-state index in [1.807, 2.05) is 62.4 Å². The summed E-state index contributed by atoms with van der Waals surface area (Å²) in [6.07, 6.45) is 0.988. The lowest BCUT2D eigenvalue weighted by atomic mass is 10.1. The van der Waals surface area contributed by atoms with Crippen molar-refractivity contribution >= 4 is 23.4 Å². The molecule has 2 aromatic rings. The number of nitrogens with zero attached hydrogens (tertiary/aromatic N) is 1. The highest BCUT2D eigenvalue weighted by atomic mass is 16.2. The molecule has 2 aromatic carbocycles. The summed E-state index contributed by atoms with van der Waals surface area (Å²) in [5.74, 6) is -1.00. The highest BCUT2D eigenvalue weighted by molar-refractivity contribution is 5.96. The summed E-state index contributed by atoms with van der Waals surface area (Å²) in [5, 5.41) is 5.50. The first-order valence-corrected chi connectivity index (χ1v) is 9.95. The molecule has 3 amide bonds. The maximum atomic E-state index is 12.4. The smallest absolute Gasteiger partial charge is 0.243 e. The minimum Gasteiger partial charge on any atom is -0.347 e. The third kappa shape index (κ3) is 5.44. The van der Waals surface area contributed by atoms with Crippen LogP contribution in [-0.2, 0) is 27.3 Å². The number of carbonyl (C=O) groups is 3. The van der Waals surface area contributed by atoms with Crippen molar-refractivity contribution in [3.05, 3.63) is 65.2 Å². The van der Waals surface area contributed by atoms with Gasteiger partial charge in [-0.2, -0.15) is 0 Å². The second kappa shape index (κ2) is 9.37. The summed E-state index contributed by atoms with van der Waals surface area (Å²) >= 11 is 0. The number of para-hydroxylation sites is 1. The molecule has 152 valence electrons. The van der Waals surface area contributed by atoms with E-state index in [0.29, 0.717) is 13.1 Å². The maximum Gasteiger partial charge on any atom is 0.243 e. The SMILES string of the molecule is CCc1ccccc1NC(=O)CNC(=O)C1CC(=O)N(Cc2ccc(C)cc2)C1. The molecule has 2 N–H and O–H groups in total. The summed E-state index contributed by atoms with van der Waals surface area (Å²) in [6.45, 7) is 4.80. The first-order chi connectivity index (χ1) is 14.0. The number of amides is 3. The fraction of sp³-hybridized carbons (Fsp3) is 0.348. The van der Waals surface area contributed by atoms with Gasteiger partial charge >= 0.3 is 0 Å². The number of hydrogen-bond donors (Lipinski definition) is 2. The molecule has 29 heavy (non-hydrogen) atoms. The Labute approximate surface area is 171 Å². The molecular weight excluding hydrogens is 366 g/mol. The van der Waals surface area contributed by atoms with Gasteiger partial charge in [0.1, 0.15) is 0 Å². The van der Waals surface area contributed by atoms with Crippen molar-refractivity contribution in [2.24, 2.45) is 5.92 Å². The summed E-state index contributed by atoms with van der Waals surface area (Å²) in [7, 11) is 0. The second-order valence-electron chi connectivity index (χ2n) is 7.44. The van der Waals surface area contributed by atoms with Gasteiger partial charge in [-0.3, -0.25) is 14.4 Å². The number of benzene rings is 2. The van der Waals surface area contributed by atoms with Crippen LogP contribution in [0.1, 0.15) is 30.0 Å². The van der Waals surface area contributed by atoms with Gasteiger partial charge in [-0.05, 0) is 30.5 Å². The topological polar surface area (TPSA) is 78.5 Å². The van der Waals surface area contributed by atoms with Gasteiger partial charge in [-0.1, -0.05) is 55.0 Å². The number of rotatable bonds is 7. The van der Waals surface area contributed by atoms with E-state index in [4.69, 9.17) is 0 Å². The molecule has 0 radical (unpaired) electrons. The molecule has 1 atom stereocenters. The number of likely N-dealkylation sites (tertiary alicyclic amines) is 1. The van der Waals surface area contributed by atoms with E-state index in [0.717, 1.165) is 23.2 Å². The molecule has 0 aliphatic carbocycles. The van der Waals surface area contributed by atoms with Crippen LogP contribution in [0.4, 0.5) is 5.69 Å². The molecule has 6 heteroatoms. The first-order valence-electron chi connectivity index (χ1n) is 9.95. The summed E-state index contributed by atoms with van der Waals surface area (Å²) in [4.78, 5) is 38.6. The Bertz CT molecular complexity index is 892. The van der Waals surface area contributed by atoms with Crippen molar-refractivity contribution in [2.75, 3.05) is 18.4 Å². The van der Waals surface area contributed by atoms with E-state index in [1.165, 1.54) is 5.56 Å².